The molecule has 0 saturated carbocycles. The molecule has 0 aliphatic carbocycles. The highest BCUT2D eigenvalue weighted by molar-refractivity contribution is 5.95. The van der Waals surface area contributed by atoms with E-state index in [-0.39, 0.29) is 5.97 Å². The van der Waals surface area contributed by atoms with Gasteiger partial charge in [0.15, 0.2) is 0 Å². The van der Waals surface area contributed by atoms with Crippen LogP contribution in [0, 0.1) is 0 Å². The Bertz CT molecular complexity index is 880. The summed E-state index contributed by atoms with van der Waals surface area (Å²) in [7, 11) is 0. The number of para-hydroxylation sites is 1. The molecule has 0 aliphatic heterocycles. The minimum atomic E-state index is -0.339. The average molecular weight is 337 g/mol. The van der Waals surface area contributed by atoms with Crippen molar-refractivity contribution in [1.29, 1.82) is 0 Å². The molecular formula is C20H19NO4. The summed E-state index contributed by atoms with van der Waals surface area (Å²) in [6.45, 7) is 3.03. The molecule has 0 amide bonds. The number of esters is 1. The van der Waals surface area contributed by atoms with Crippen molar-refractivity contribution in [1.82, 2.24) is 4.57 Å². The number of aldehydes is 1. The summed E-state index contributed by atoms with van der Waals surface area (Å²) >= 11 is 0. The Balaban J connectivity index is 1.78. The summed E-state index contributed by atoms with van der Waals surface area (Å²) in [5, 5.41) is 0.987. The van der Waals surface area contributed by atoms with Crippen molar-refractivity contribution in [2.75, 3.05) is 13.2 Å². The molecule has 0 radical (unpaired) electrons. The van der Waals surface area contributed by atoms with Gasteiger partial charge >= 0.3 is 5.97 Å². The predicted molar refractivity (Wildman–Crippen MR) is 95.2 cm³/mol. The highest BCUT2D eigenvalue weighted by atomic mass is 16.5. The number of ether oxygens (including phenoxy) is 2. The molecule has 1 heterocycles. The van der Waals surface area contributed by atoms with Crippen LogP contribution in [-0.4, -0.2) is 30.0 Å². The molecular weight excluding hydrogens is 318 g/mol. The number of hydrogen-bond donors (Lipinski definition) is 0. The summed E-state index contributed by atoms with van der Waals surface area (Å²) in [5.41, 5.74) is 2.08. The third-order valence-corrected chi connectivity index (χ3v) is 3.89. The Morgan fingerprint density at radius 2 is 1.88 bits per heavy atom. The molecule has 0 saturated heterocycles. The van der Waals surface area contributed by atoms with Crippen LogP contribution in [0.15, 0.2) is 54.6 Å². The van der Waals surface area contributed by atoms with Gasteiger partial charge in [-0.25, -0.2) is 4.79 Å². The molecule has 0 fully saturated rings. The van der Waals surface area contributed by atoms with Crippen molar-refractivity contribution in [3.63, 3.8) is 0 Å². The predicted octanol–water partition coefficient (Wildman–Crippen LogP) is 3.71. The highest BCUT2D eigenvalue weighted by Gasteiger charge is 2.16. The lowest BCUT2D eigenvalue weighted by molar-refractivity contribution is 0.0513. The van der Waals surface area contributed by atoms with Gasteiger partial charge in [-0.05, 0) is 43.3 Å². The van der Waals surface area contributed by atoms with Gasteiger partial charge in [-0.2, -0.15) is 0 Å². The number of aromatic nitrogens is 1. The van der Waals surface area contributed by atoms with Crippen molar-refractivity contribution in [3.05, 3.63) is 65.9 Å². The lowest BCUT2D eigenvalue weighted by Crippen LogP contribution is -2.15. The molecule has 0 unspecified atom stereocenters. The minimum absolute atomic E-state index is 0.333. The van der Waals surface area contributed by atoms with Gasteiger partial charge in [-0.15, -0.1) is 0 Å². The SMILES string of the molecule is CCOC(=O)c1cc2ccccc2n1CCOc1ccc(C=O)cc1. The van der Waals surface area contributed by atoms with Gasteiger partial charge in [0.2, 0.25) is 0 Å². The fraction of sp³-hybridized carbons (Fsp3) is 0.200. The first-order valence-electron chi connectivity index (χ1n) is 8.16. The molecule has 3 aromatic rings. The monoisotopic (exact) mass is 337 g/mol. The van der Waals surface area contributed by atoms with E-state index in [9.17, 15) is 9.59 Å². The van der Waals surface area contributed by atoms with Gasteiger partial charge in [0.05, 0.1) is 13.2 Å². The van der Waals surface area contributed by atoms with E-state index in [2.05, 4.69) is 0 Å². The zero-order chi connectivity index (χ0) is 17.6. The first-order valence-corrected chi connectivity index (χ1v) is 8.16. The normalized spacial score (nSPS) is 10.6. The Morgan fingerprint density at radius 1 is 1.12 bits per heavy atom. The van der Waals surface area contributed by atoms with E-state index in [0.717, 1.165) is 17.2 Å². The van der Waals surface area contributed by atoms with Crippen molar-refractivity contribution in [2.24, 2.45) is 0 Å². The molecule has 0 spiro atoms. The maximum absolute atomic E-state index is 12.2. The van der Waals surface area contributed by atoms with E-state index in [1.807, 2.05) is 34.9 Å². The van der Waals surface area contributed by atoms with Crippen LogP contribution in [0.2, 0.25) is 0 Å². The minimum Gasteiger partial charge on any atom is -0.492 e. The van der Waals surface area contributed by atoms with E-state index in [1.54, 1.807) is 31.2 Å². The summed E-state index contributed by atoms with van der Waals surface area (Å²) in [5.74, 6) is 0.341. The standard InChI is InChI=1S/C20H19NO4/c1-2-24-20(23)19-13-16-5-3-4-6-18(16)21(19)11-12-25-17-9-7-15(14-22)8-10-17/h3-10,13-14H,2,11-12H2,1H3. The van der Waals surface area contributed by atoms with Gasteiger partial charge in [0.25, 0.3) is 0 Å². The summed E-state index contributed by atoms with van der Waals surface area (Å²) in [6, 6.07) is 16.6. The van der Waals surface area contributed by atoms with E-state index in [1.165, 1.54) is 0 Å². The number of nitrogens with zero attached hydrogens (tertiary/aromatic N) is 1. The first kappa shape index (κ1) is 16.8. The molecule has 128 valence electrons. The Hall–Kier alpha value is -3.08. The quantitative estimate of drug-likeness (QED) is 0.487. The maximum atomic E-state index is 12.2. The molecule has 1 aromatic heterocycles. The van der Waals surface area contributed by atoms with E-state index in [4.69, 9.17) is 9.47 Å². The largest absolute Gasteiger partial charge is 0.492 e. The second-order valence-electron chi connectivity index (χ2n) is 5.50. The fourth-order valence-electron chi connectivity index (χ4n) is 2.72. The third kappa shape index (κ3) is 3.71. The zero-order valence-electron chi connectivity index (χ0n) is 14.0. The van der Waals surface area contributed by atoms with Crippen LogP contribution < -0.4 is 4.74 Å². The van der Waals surface area contributed by atoms with Crippen LogP contribution in [0.4, 0.5) is 0 Å². The number of benzene rings is 2. The first-order chi connectivity index (χ1) is 12.2. The number of rotatable bonds is 7. The summed E-state index contributed by atoms with van der Waals surface area (Å²) in [6.07, 6.45) is 0.793. The number of hydrogen-bond acceptors (Lipinski definition) is 4. The van der Waals surface area contributed by atoms with Gasteiger partial charge in [-0.3, -0.25) is 4.79 Å². The van der Waals surface area contributed by atoms with Crippen molar-refractivity contribution in [3.8, 4) is 5.75 Å². The van der Waals surface area contributed by atoms with E-state index in [0.29, 0.717) is 36.8 Å². The topological polar surface area (TPSA) is 57.5 Å². The van der Waals surface area contributed by atoms with Crippen molar-refractivity contribution >= 4 is 23.2 Å². The van der Waals surface area contributed by atoms with Crippen molar-refractivity contribution < 1.29 is 19.1 Å². The third-order valence-electron chi connectivity index (χ3n) is 3.89. The van der Waals surface area contributed by atoms with Crippen LogP contribution in [0.5, 0.6) is 5.75 Å². The molecule has 0 atom stereocenters. The molecule has 0 bridgehead atoms. The highest BCUT2D eigenvalue weighted by Crippen LogP contribution is 2.21. The van der Waals surface area contributed by atoms with Crippen LogP contribution in [0.1, 0.15) is 27.8 Å². The van der Waals surface area contributed by atoms with Gasteiger partial charge in [0, 0.05) is 16.5 Å². The van der Waals surface area contributed by atoms with Gasteiger partial charge in [0.1, 0.15) is 24.3 Å². The van der Waals surface area contributed by atoms with Gasteiger partial charge < -0.3 is 14.0 Å². The van der Waals surface area contributed by atoms with Crippen LogP contribution in [0.25, 0.3) is 10.9 Å². The molecule has 0 aliphatic rings. The fourth-order valence-corrected chi connectivity index (χ4v) is 2.72. The number of carbonyl (C=O) groups excluding carboxylic acids is 2. The van der Waals surface area contributed by atoms with Gasteiger partial charge in [-0.1, -0.05) is 18.2 Å². The second kappa shape index (κ2) is 7.66. The molecule has 0 N–H and O–H groups in total. The molecule has 25 heavy (non-hydrogen) atoms. The van der Waals surface area contributed by atoms with Crippen molar-refractivity contribution in [2.45, 2.75) is 13.5 Å². The molecule has 5 heteroatoms. The number of carbonyl (C=O) groups is 2. The van der Waals surface area contributed by atoms with Crippen LogP contribution in [0.3, 0.4) is 0 Å². The smallest absolute Gasteiger partial charge is 0.354 e. The second-order valence-corrected chi connectivity index (χ2v) is 5.50. The Kier molecular flexibility index (Phi) is 5.14. The Morgan fingerprint density at radius 3 is 2.60 bits per heavy atom. The lowest BCUT2D eigenvalue weighted by Gasteiger charge is -2.11. The molecule has 5 nitrogen and oxygen atoms in total. The summed E-state index contributed by atoms with van der Waals surface area (Å²) < 4.78 is 12.8. The lowest BCUT2D eigenvalue weighted by atomic mass is 10.2. The molecule has 2 aromatic carbocycles. The average Bonchev–Trinajstić information content (AvgIpc) is 3.01. The maximum Gasteiger partial charge on any atom is 0.354 e. The van der Waals surface area contributed by atoms with Crippen LogP contribution in [-0.2, 0) is 11.3 Å². The number of fused-ring (bicyclic) bond motifs is 1. The Labute approximate surface area is 145 Å². The van der Waals surface area contributed by atoms with E-state index < -0.39 is 0 Å². The van der Waals surface area contributed by atoms with E-state index >= 15 is 0 Å². The van der Waals surface area contributed by atoms with Crippen LogP contribution >= 0.6 is 0 Å². The summed E-state index contributed by atoms with van der Waals surface area (Å²) in [4.78, 5) is 22.9. The zero-order valence-corrected chi connectivity index (χ0v) is 14.0. The molecule has 3 rings (SSSR count).